The third-order valence-electron chi connectivity index (χ3n) is 4.71. The maximum Gasteiger partial charge on any atom is 0.268 e. The lowest BCUT2D eigenvalue weighted by atomic mass is 10.2. The molecule has 9 heteroatoms. The number of nitrogens with zero attached hydrogens (tertiary/aromatic N) is 3. The van der Waals surface area contributed by atoms with Crippen LogP contribution in [0.1, 0.15) is 12.5 Å². The van der Waals surface area contributed by atoms with Crippen LogP contribution in [-0.2, 0) is 16.1 Å². The highest BCUT2D eigenvalue weighted by atomic mass is 35.5. The Morgan fingerprint density at radius 2 is 1.97 bits per heavy atom. The van der Waals surface area contributed by atoms with Crippen LogP contribution in [0.3, 0.4) is 0 Å². The molecular weight excluding hydrogens is 427 g/mol. The van der Waals surface area contributed by atoms with Crippen LogP contribution < -0.4 is 15.0 Å². The molecule has 2 heterocycles. The van der Waals surface area contributed by atoms with Gasteiger partial charge in [-0.2, -0.15) is 5.10 Å². The Morgan fingerprint density at radius 3 is 2.80 bits per heavy atom. The molecule has 1 aromatic heterocycles. The van der Waals surface area contributed by atoms with Crippen molar-refractivity contribution in [1.82, 2.24) is 9.78 Å². The topological polar surface area (TPSA) is 76.5 Å². The third kappa shape index (κ3) is 3.99. The highest BCUT2D eigenvalue weighted by molar-refractivity contribution is 6.42. The minimum absolute atomic E-state index is 0.146. The van der Waals surface area contributed by atoms with Crippen LogP contribution in [0.15, 0.2) is 54.7 Å². The number of rotatable bonds is 5. The van der Waals surface area contributed by atoms with Gasteiger partial charge in [-0.25, -0.2) is 4.68 Å². The molecule has 1 N–H and O–H groups in total. The van der Waals surface area contributed by atoms with Gasteiger partial charge in [-0.3, -0.25) is 14.5 Å². The maximum absolute atomic E-state index is 12.7. The summed E-state index contributed by atoms with van der Waals surface area (Å²) >= 11 is 12.3. The number of nitrogens with one attached hydrogen (secondary N) is 1. The molecule has 1 aliphatic rings. The summed E-state index contributed by atoms with van der Waals surface area (Å²) in [4.78, 5) is 26.7. The first kappa shape index (κ1) is 20.3. The normalized spacial score (nSPS) is 15.5. The molecule has 0 bridgehead atoms. The van der Waals surface area contributed by atoms with Crippen LogP contribution in [0.5, 0.6) is 5.75 Å². The predicted octanol–water partition coefficient (Wildman–Crippen LogP) is 3.99. The van der Waals surface area contributed by atoms with Crippen molar-refractivity contribution in [2.24, 2.45) is 0 Å². The number of amides is 2. The molecule has 0 saturated carbocycles. The smallest absolute Gasteiger partial charge is 0.268 e. The van der Waals surface area contributed by atoms with Crippen molar-refractivity contribution in [3.8, 4) is 5.75 Å². The molecular formula is C21H18Cl2N4O3. The molecule has 0 aliphatic carbocycles. The predicted molar refractivity (Wildman–Crippen MR) is 115 cm³/mol. The number of benzene rings is 2. The van der Waals surface area contributed by atoms with Crippen molar-refractivity contribution < 1.29 is 14.3 Å². The van der Waals surface area contributed by atoms with E-state index in [1.54, 1.807) is 54.2 Å². The Bertz CT molecular complexity index is 1120. The Balaban J connectivity index is 1.50. The van der Waals surface area contributed by atoms with Gasteiger partial charge in [-0.1, -0.05) is 47.5 Å². The summed E-state index contributed by atoms with van der Waals surface area (Å²) < 4.78 is 7.21. The summed E-state index contributed by atoms with van der Waals surface area (Å²) in [5, 5.41) is 7.94. The Labute approximate surface area is 183 Å². The van der Waals surface area contributed by atoms with Crippen LogP contribution in [0.4, 0.5) is 11.5 Å². The molecule has 30 heavy (non-hydrogen) atoms. The number of hydrogen-bond acceptors (Lipinski definition) is 4. The second-order valence-corrected chi connectivity index (χ2v) is 7.57. The minimum Gasteiger partial charge on any atom is -0.479 e. The summed E-state index contributed by atoms with van der Waals surface area (Å²) in [6, 6.07) is 14.1. The summed E-state index contributed by atoms with van der Waals surface area (Å²) in [5.74, 6) is 0.422. The molecule has 1 unspecified atom stereocenters. The van der Waals surface area contributed by atoms with Gasteiger partial charge in [0, 0.05) is 6.07 Å². The monoisotopic (exact) mass is 444 g/mol. The van der Waals surface area contributed by atoms with Gasteiger partial charge in [-0.15, -0.1) is 0 Å². The molecule has 1 atom stereocenters. The lowest BCUT2D eigenvalue weighted by molar-refractivity contribution is -0.127. The Kier molecular flexibility index (Phi) is 5.65. The fourth-order valence-electron chi connectivity index (χ4n) is 3.24. The number of para-hydroxylation sites is 2. The van der Waals surface area contributed by atoms with E-state index in [0.717, 1.165) is 5.56 Å². The summed E-state index contributed by atoms with van der Waals surface area (Å²) in [5.41, 5.74) is 1.34. The number of aromatic nitrogens is 2. The van der Waals surface area contributed by atoms with Crippen molar-refractivity contribution in [3.05, 3.63) is 70.3 Å². The number of carbonyl (C=O) groups is 2. The Morgan fingerprint density at radius 1 is 1.17 bits per heavy atom. The van der Waals surface area contributed by atoms with Crippen molar-refractivity contribution in [1.29, 1.82) is 0 Å². The maximum atomic E-state index is 12.7. The van der Waals surface area contributed by atoms with E-state index < -0.39 is 6.10 Å². The lowest BCUT2D eigenvalue weighted by Gasteiger charge is -2.32. The highest BCUT2D eigenvalue weighted by Crippen LogP contribution is 2.33. The molecule has 0 spiro atoms. The second-order valence-electron chi connectivity index (χ2n) is 6.79. The molecule has 0 saturated heterocycles. The highest BCUT2D eigenvalue weighted by Gasteiger charge is 2.32. The average Bonchev–Trinajstić information content (AvgIpc) is 3.15. The van der Waals surface area contributed by atoms with E-state index in [0.29, 0.717) is 33.8 Å². The molecule has 3 aromatic rings. The number of ether oxygens (including phenoxy) is 1. The van der Waals surface area contributed by atoms with Crippen molar-refractivity contribution in [2.75, 3.05) is 16.8 Å². The average molecular weight is 445 g/mol. The minimum atomic E-state index is -0.664. The molecule has 4 rings (SSSR count). The van der Waals surface area contributed by atoms with Gasteiger partial charge in [0.25, 0.3) is 5.91 Å². The SMILES string of the molecule is CC1Oc2ccccc2N(CC(=O)Nc2ccnn2Cc2cccc(Cl)c2Cl)C1=O. The fourth-order valence-corrected chi connectivity index (χ4v) is 3.62. The van der Waals surface area contributed by atoms with Crippen LogP contribution in [0.2, 0.25) is 10.0 Å². The van der Waals surface area contributed by atoms with E-state index in [-0.39, 0.29) is 18.4 Å². The summed E-state index contributed by atoms with van der Waals surface area (Å²) in [7, 11) is 0. The van der Waals surface area contributed by atoms with Crippen molar-refractivity contribution >= 4 is 46.5 Å². The van der Waals surface area contributed by atoms with Crippen LogP contribution >= 0.6 is 23.2 Å². The van der Waals surface area contributed by atoms with Gasteiger partial charge in [0.1, 0.15) is 18.1 Å². The zero-order valence-corrected chi connectivity index (χ0v) is 17.5. The van der Waals surface area contributed by atoms with Crippen LogP contribution in [0, 0.1) is 0 Å². The number of fused-ring (bicyclic) bond motifs is 1. The number of halogens is 2. The lowest BCUT2D eigenvalue weighted by Crippen LogP contribution is -2.47. The zero-order valence-electron chi connectivity index (χ0n) is 16.0. The first-order chi connectivity index (χ1) is 14.4. The third-order valence-corrected chi connectivity index (χ3v) is 5.57. The van der Waals surface area contributed by atoms with Gasteiger partial charge < -0.3 is 10.1 Å². The van der Waals surface area contributed by atoms with Crippen molar-refractivity contribution in [2.45, 2.75) is 19.6 Å². The quantitative estimate of drug-likeness (QED) is 0.645. The van der Waals surface area contributed by atoms with Gasteiger partial charge in [-0.05, 0) is 30.7 Å². The molecule has 1 aliphatic heterocycles. The van der Waals surface area contributed by atoms with Gasteiger partial charge in [0.05, 0.1) is 28.5 Å². The Hall–Kier alpha value is -3.03. The largest absolute Gasteiger partial charge is 0.479 e. The van der Waals surface area contributed by atoms with E-state index in [1.165, 1.54) is 4.90 Å². The van der Waals surface area contributed by atoms with E-state index in [9.17, 15) is 9.59 Å². The number of carbonyl (C=O) groups excluding carboxylic acids is 2. The number of anilines is 2. The molecule has 2 amide bonds. The first-order valence-electron chi connectivity index (χ1n) is 9.25. The fraction of sp³-hybridized carbons (Fsp3) is 0.190. The van der Waals surface area contributed by atoms with Crippen LogP contribution in [-0.4, -0.2) is 34.2 Å². The van der Waals surface area contributed by atoms with E-state index >= 15 is 0 Å². The van der Waals surface area contributed by atoms with Crippen molar-refractivity contribution in [3.63, 3.8) is 0 Å². The standard InChI is InChI=1S/C21H18Cl2N4O3/c1-13-21(29)26(16-7-2-3-8-17(16)30-13)12-19(28)25-18-9-10-24-27(18)11-14-5-4-6-15(22)20(14)23/h2-10,13H,11-12H2,1H3,(H,25,28). The second kappa shape index (κ2) is 8.38. The zero-order chi connectivity index (χ0) is 21.3. The van der Waals surface area contributed by atoms with Gasteiger partial charge in [0.2, 0.25) is 5.91 Å². The van der Waals surface area contributed by atoms with E-state index in [4.69, 9.17) is 27.9 Å². The van der Waals surface area contributed by atoms with E-state index in [2.05, 4.69) is 10.4 Å². The first-order valence-corrected chi connectivity index (χ1v) is 10.0. The molecule has 154 valence electrons. The summed E-state index contributed by atoms with van der Waals surface area (Å²) in [6.07, 6.45) is 0.911. The number of hydrogen-bond donors (Lipinski definition) is 1. The molecule has 0 fully saturated rings. The molecule has 2 aromatic carbocycles. The van der Waals surface area contributed by atoms with E-state index in [1.807, 2.05) is 12.1 Å². The molecule has 7 nitrogen and oxygen atoms in total. The van der Waals surface area contributed by atoms with Gasteiger partial charge in [0.15, 0.2) is 6.10 Å². The molecule has 0 radical (unpaired) electrons. The summed E-state index contributed by atoms with van der Waals surface area (Å²) in [6.45, 7) is 1.85. The van der Waals surface area contributed by atoms with Gasteiger partial charge >= 0.3 is 0 Å². The van der Waals surface area contributed by atoms with Crippen LogP contribution in [0.25, 0.3) is 0 Å².